The zero-order chi connectivity index (χ0) is 10.7. The van der Waals surface area contributed by atoms with Crippen LogP contribution in [0.2, 0.25) is 0 Å². The highest BCUT2D eigenvalue weighted by molar-refractivity contribution is 7.47. The third-order valence-corrected chi connectivity index (χ3v) is 3.14. The normalized spacial score (nSPS) is 12.3. The summed E-state index contributed by atoms with van der Waals surface area (Å²) in [5.41, 5.74) is 1.81. The molecule has 0 saturated heterocycles. The van der Waals surface area contributed by atoms with Gasteiger partial charge in [0.2, 0.25) is 8.03 Å². The Morgan fingerprint density at radius 1 is 0.867 bits per heavy atom. The standard InChI is InChI=1S/C12H11O2P/c13-15(14)12-9-5-4-8-11(12)10-6-2-1-3-7-10/h1-9,15H,(H,13,14). The molecule has 0 amide bonds. The minimum Gasteiger partial charge on any atom is -0.343 e. The molecule has 1 atom stereocenters. The Kier molecular flexibility index (Phi) is 3.00. The van der Waals surface area contributed by atoms with Crippen LogP contribution < -0.4 is 5.30 Å². The molecule has 0 fully saturated rings. The summed E-state index contributed by atoms with van der Waals surface area (Å²) in [5, 5.41) is 0.522. The van der Waals surface area contributed by atoms with Crippen LogP contribution in [-0.4, -0.2) is 4.89 Å². The number of hydrogen-bond donors (Lipinski definition) is 1. The molecule has 0 saturated carbocycles. The summed E-state index contributed by atoms with van der Waals surface area (Å²) < 4.78 is 11.2. The fourth-order valence-corrected chi connectivity index (χ4v) is 2.24. The molecule has 0 radical (unpaired) electrons. The van der Waals surface area contributed by atoms with Gasteiger partial charge in [0.15, 0.2) is 0 Å². The molecule has 76 valence electrons. The van der Waals surface area contributed by atoms with Crippen LogP contribution in [0.3, 0.4) is 0 Å². The minimum absolute atomic E-state index is 0.522. The largest absolute Gasteiger partial charge is 0.343 e. The molecule has 0 aliphatic carbocycles. The topological polar surface area (TPSA) is 37.3 Å². The molecule has 0 heterocycles. The highest BCUT2D eigenvalue weighted by atomic mass is 31.1. The summed E-state index contributed by atoms with van der Waals surface area (Å²) in [5.74, 6) is 0. The van der Waals surface area contributed by atoms with Gasteiger partial charge in [0.1, 0.15) is 0 Å². The maximum Gasteiger partial charge on any atom is 0.218 e. The summed E-state index contributed by atoms with van der Waals surface area (Å²) >= 11 is 0. The first-order valence-corrected chi connectivity index (χ1v) is 6.02. The third-order valence-electron chi connectivity index (χ3n) is 2.24. The predicted molar refractivity (Wildman–Crippen MR) is 62.7 cm³/mol. The molecule has 2 aromatic carbocycles. The van der Waals surface area contributed by atoms with Gasteiger partial charge >= 0.3 is 0 Å². The van der Waals surface area contributed by atoms with Crippen LogP contribution in [0.25, 0.3) is 11.1 Å². The second-order valence-corrected chi connectivity index (χ2v) is 4.37. The van der Waals surface area contributed by atoms with E-state index in [1.54, 1.807) is 12.1 Å². The SMILES string of the molecule is O=[PH](O)c1ccccc1-c1ccccc1. The van der Waals surface area contributed by atoms with Crippen molar-refractivity contribution in [2.24, 2.45) is 0 Å². The first kappa shape index (κ1) is 10.2. The average Bonchev–Trinajstić information content (AvgIpc) is 2.30. The Labute approximate surface area is 89.1 Å². The lowest BCUT2D eigenvalue weighted by Gasteiger charge is -2.06. The average molecular weight is 218 g/mol. The van der Waals surface area contributed by atoms with Gasteiger partial charge in [-0.15, -0.1) is 0 Å². The van der Waals surface area contributed by atoms with Crippen LogP contribution in [0.4, 0.5) is 0 Å². The molecular formula is C12H11O2P. The van der Waals surface area contributed by atoms with Crippen LogP contribution in [-0.2, 0) is 4.57 Å². The molecule has 2 rings (SSSR count). The molecule has 1 N–H and O–H groups in total. The summed E-state index contributed by atoms with van der Waals surface area (Å²) in [6.07, 6.45) is 0. The molecule has 0 aliphatic heterocycles. The van der Waals surface area contributed by atoms with Gasteiger partial charge in [-0.3, -0.25) is 4.57 Å². The Morgan fingerprint density at radius 2 is 1.47 bits per heavy atom. The monoisotopic (exact) mass is 218 g/mol. The van der Waals surface area contributed by atoms with Crippen molar-refractivity contribution in [3.05, 3.63) is 54.6 Å². The molecule has 2 nitrogen and oxygen atoms in total. The highest BCUT2D eigenvalue weighted by Gasteiger charge is 2.07. The fourth-order valence-electron chi connectivity index (χ4n) is 1.54. The zero-order valence-electron chi connectivity index (χ0n) is 8.05. The van der Waals surface area contributed by atoms with E-state index in [0.29, 0.717) is 5.30 Å². The molecule has 0 bridgehead atoms. The van der Waals surface area contributed by atoms with Crippen molar-refractivity contribution in [2.45, 2.75) is 0 Å². The van der Waals surface area contributed by atoms with Crippen molar-refractivity contribution in [3.8, 4) is 11.1 Å². The van der Waals surface area contributed by atoms with E-state index in [4.69, 9.17) is 0 Å². The van der Waals surface area contributed by atoms with Gasteiger partial charge in [-0.2, -0.15) is 0 Å². The second kappa shape index (κ2) is 4.43. The molecule has 1 unspecified atom stereocenters. The van der Waals surface area contributed by atoms with E-state index >= 15 is 0 Å². The van der Waals surface area contributed by atoms with Crippen LogP contribution in [0.15, 0.2) is 54.6 Å². The lowest BCUT2D eigenvalue weighted by Crippen LogP contribution is -2.00. The van der Waals surface area contributed by atoms with E-state index in [0.717, 1.165) is 11.1 Å². The van der Waals surface area contributed by atoms with Crippen LogP contribution in [0, 0.1) is 0 Å². The van der Waals surface area contributed by atoms with Crippen molar-refractivity contribution in [1.82, 2.24) is 0 Å². The van der Waals surface area contributed by atoms with E-state index in [9.17, 15) is 9.46 Å². The third kappa shape index (κ3) is 2.17. The Bertz CT molecular complexity index is 480. The molecule has 0 spiro atoms. The molecule has 0 aliphatic rings. The van der Waals surface area contributed by atoms with Crippen molar-refractivity contribution < 1.29 is 9.46 Å². The van der Waals surface area contributed by atoms with Crippen molar-refractivity contribution in [3.63, 3.8) is 0 Å². The summed E-state index contributed by atoms with van der Waals surface area (Å²) in [6.45, 7) is 0. The maximum atomic E-state index is 11.2. The van der Waals surface area contributed by atoms with Crippen LogP contribution in [0.5, 0.6) is 0 Å². The Balaban J connectivity index is 2.58. The molecular weight excluding hydrogens is 207 g/mol. The fraction of sp³-hybridized carbons (Fsp3) is 0. The van der Waals surface area contributed by atoms with Gasteiger partial charge in [0.05, 0.1) is 0 Å². The van der Waals surface area contributed by atoms with E-state index in [1.807, 2.05) is 42.5 Å². The van der Waals surface area contributed by atoms with Crippen molar-refractivity contribution >= 4 is 13.3 Å². The van der Waals surface area contributed by atoms with E-state index in [2.05, 4.69) is 0 Å². The van der Waals surface area contributed by atoms with Gasteiger partial charge in [-0.1, -0.05) is 48.5 Å². The zero-order valence-corrected chi connectivity index (χ0v) is 9.05. The van der Waals surface area contributed by atoms with Crippen molar-refractivity contribution in [1.29, 1.82) is 0 Å². The Morgan fingerprint density at radius 3 is 2.13 bits per heavy atom. The highest BCUT2D eigenvalue weighted by Crippen LogP contribution is 2.24. The Hall–Kier alpha value is -1.37. The maximum absolute atomic E-state index is 11.2. The first-order chi connectivity index (χ1) is 7.29. The lowest BCUT2D eigenvalue weighted by atomic mass is 10.1. The molecule has 0 aromatic heterocycles. The second-order valence-electron chi connectivity index (χ2n) is 3.22. The van der Waals surface area contributed by atoms with E-state index in [1.165, 1.54) is 0 Å². The van der Waals surface area contributed by atoms with E-state index < -0.39 is 8.03 Å². The van der Waals surface area contributed by atoms with E-state index in [-0.39, 0.29) is 0 Å². The quantitative estimate of drug-likeness (QED) is 0.786. The van der Waals surface area contributed by atoms with Crippen molar-refractivity contribution in [2.75, 3.05) is 0 Å². The molecule has 2 aromatic rings. The molecule has 3 heteroatoms. The summed E-state index contributed by atoms with van der Waals surface area (Å²) in [4.78, 5) is 9.21. The number of hydrogen-bond acceptors (Lipinski definition) is 1. The number of rotatable bonds is 2. The molecule has 15 heavy (non-hydrogen) atoms. The van der Waals surface area contributed by atoms with Gasteiger partial charge in [0.25, 0.3) is 0 Å². The van der Waals surface area contributed by atoms with Gasteiger partial charge in [0, 0.05) is 5.30 Å². The first-order valence-electron chi connectivity index (χ1n) is 4.67. The van der Waals surface area contributed by atoms with Gasteiger partial charge < -0.3 is 4.89 Å². The van der Waals surface area contributed by atoms with Gasteiger partial charge in [-0.25, -0.2) is 0 Å². The summed E-state index contributed by atoms with van der Waals surface area (Å²) in [7, 11) is -2.64. The lowest BCUT2D eigenvalue weighted by molar-refractivity contribution is 0.513. The minimum atomic E-state index is -2.64. The smallest absolute Gasteiger partial charge is 0.218 e. The van der Waals surface area contributed by atoms with Gasteiger partial charge in [-0.05, 0) is 17.2 Å². The van der Waals surface area contributed by atoms with Crippen LogP contribution in [0.1, 0.15) is 0 Å². The number of benzene rings is 2. The van der Waals surface area contributed by atoms with Crippen LogP contribution >= 0.6 is 8.03 Å². The predicted octanol–water partition coefficient (Wildman–Crippen LogP) is 2.45. The summed E-state index contributed by atoms with van der Waals surface area (Å²) in [6, 6.07) is 16.8.